The predicted octanol–water partition coefficient (Wildman–Crippen LogP) is 3.72. The number of aryl methyl sites for hydroxylation is 1. The van der Waals surface area contributed by atoms with Gasteiger partial charge in [0.1, 0.15) is 5.76 Å². The van der Waals surface area contributed by atoms with Gasteiger partial charge in [-0.3, -0.25) is 0 Å². The highest BCUT2D eigenvalue weighted by molar-refractivity contribution is 9.10. The molecule has 0 aliphatic carbocycles. The lowest BCUT2D eigenvalue weighted by Gasteiger charge is -2.00. The molecule has 4 heteroatoms. The van der Waals surface area contributed by atoms with Gasteiger partial charge in [0.15, 0.2) is 0 Å². The molecule has 0 saturated carbocycles. The second-order valence-corrected chi connectivity index (χ2v) is 4.29. The van der Waals surface area contributed by atoms with Crippen LogP contribution >= 0.6 is 15.9 Å². The Bertz CT molecular complexity index is 543. The number of aromatic carboxylic acids is 1. The van der Waals surface area contributed by atoms with Crippen LogP contribution in [-0.4, -0.2) is 11.1 Å². The molecule has 0 radical (unpaired) electrons. The van der Waals surface area contributed by atoms with Crippen LogP contribution in [0.5, 0.6) is 0 Å². The fraction of sp³-hybridized carbons (Fsp3) is 0.0833. The van der Waals surface area contributed by atoms with Crippen LogP contribution in [0.15, 0.2) is 39.2 Å². The number of benzene rings is 1. The molecule has 0 unspecified atom stereocenters. The standard InChI is InChI=1S/C12H9BrO3/c1-7-2-3-8(6-9(7)13)10-4-5-11(16-10)12(14)15/h2-6H,1H3,(H,14,15). The molecule has 0 amide bonds. The average Bonchev–Trinajstić information content (AvgIpc) is 2.71. The first-order chi connectivity index (χ1) is 7.58. The van der Waals surface area contributed by atoms with Gasteiger partial charge in [0.2, 0.25) is 5.76 Å². The van der Waals surface area contributed by atoms with E-state index in [9.17, 15) is 4.79 Å². The van der Waals surface area contributed by atoms with E-state index in [1.807, 2.05) is 25.1 Å². The Morgan fingerprint density at radius 1 is 1.31 bits per heavy atom. The van der Waals surface area contributed by atoms with Crippen LogP contribution in [0.3, 0.4) is 0 Å². The molecule has 0 fully saturated rings. The second-order valence-electron chi connectivity index (χ2n) is 3.43. The predicted molar refractivity (Wildman–Crippen MR) is 63.5 cm³/mol. The van der Waals surface area contributed by atoms with Gasteiger partial charge in [-0.25, -0.2) is 4.79 Å². The third-order valence-corrected chi connectivity index (χ3v) is 3.13. The maximum absolute atomic E-state index is 10.7. The Balaban J connectivity index is 2.42. The van der Waals surface area contributed by atoms with E-state index in [4.69, 9.17) is 9.52 Å². The number of hydrogen-bond acceptors (Lipinski definition) is 2. The SMILES string of the molecule is Cc1ccc(-c2ccc(C(=O)O)o2)cc1Br. The van der Waals surface area contributed by atoms with Gasteiger partial charge in [0.25, 0.3) is 0 Å². The summed E-state index contributed by atoms with van der Waals surface area (Å²) in [7, 11) is 0. The maximum atomic E-state index is 10.7. The molecule has 2 aromatic rings. The van der Waals surface area contributed by atoms with Gasteiger partial charge in [0, 0.05) is 10.0 Å². The third kappa shape index (κ3) is 2.02. The summed E-state index contributed by atoms with van der Waals surface area (Å²) in [6, 6.07) is 8.85. The van der Waals surface area contributed by atoms with Crippen molar-refractivity contribution in [2.45, 2.75) is 6.92 Å². The van der Waals surface area contributed by atoms with Gasteiger partial charge in [-0.05, 0) is 30.7 Å². The van der Waals surface area contributed by atoms with Crippen molar-refractivity contribution in [2.75, 3.05) is 0 Å². The average molecular weight is 281 g/mol. The quantitative estimate of drug-likeness (QED) is 0.912. The van der Waals surface area contributed by atoms with E-state index in [0.29, 0.717) is 5.76 Å². The van der Waals surface area contributed by atoms with Crippen LogP contribution in [0.25, 0.3) is 11.3 Å². The highest BCUT2D eigenvalue weighted by Crippen LogP contribution is 2.27. The van der Waals surface area contributed by atoms with Gasteiger partial charge in [-0.2, -0.15) is 0 Å². The van der Waals surface area contributed by atoms with Crippen LogP contribution in [0.1, 0.15) is 16.1 Å². The molecule has 16 heavy (non-hydrogen) atoms. The maximum Gasteiger partial charge on any atom is 0.371 e. The Morgan fingerprint density at radius 3 is 2.62 bits per heavy atom. The van der Waals surface area contributed by atoms with E-state index in [2.05, 4.69) is 15.9 Å². The monoisotopic (exact) mass is 280 g/mol. The zero-order valence-electron chi connectivity index (χ0n) is 8.53. The van der Waals surface area contributed by atoms with E-state index in [-0.39, 0.29) is 5.76 Å². The highest BCUT2D eigenvalue weighted by Gasteiger charge is 2.10. The first-order valence-corrected chi connectivity index (χ1v) is 5.47. The summed E-state index contributed by atoms with van der Waals surface area (Å²) in [6.07, 6.45) is 0. The fourth-order valence-electron chi connectivity index (χ4n) is 1.35. The highest BCUT2D eigenvalue weighted by atomic mass is 79.9. The summed E-state index contributed by atoms with van der Waals surface area (Å²) >= 11 is 3.42. The number of furan rings is 1. The first kappa shape index (κ1) is 11.0. The number of carboxylic acids is 1. The van der Waals surface area contributed by atoms with E-state index in [0.717, 1.165) is 15.6 Å². The number of carboxylic acid groups (broad SMARTS) is 1. The van der Waals surface area contributed by atoms with Crippen molar-refractivity contribution in [2.24, 2.45) is 0 Å². The number of rotatable bonds is 2. The first-order valence-electron chi connectivity index (χ1n) is 4.67. The largest absolute Gasteiger partial charge is 0.475 e. The lowest BCUT2D eigenvalue weighted by molar-refractivity contribution is 0.0663. The van der Waals surface area contributed by atoms with Crippen molar-refractivity contribution < 1.29 is 14.3 Å². The minimum absolute atomic E-state index is 0.0494. The molecule has 1 heterocycles. The van der Waals surface area contributed by atoms with E-state index in [1.54, 1.807) is 6.07 Å². The molecular weight excluding hydrogens is 272 g/mol. The Morgan fingerprint density at radius 2 is 2.06 bits per heavy atom. The van der Waals surface area contributed by atoms with Crippen molar-refractivity contribution in [3.63, 3.8) is 0 Å². The smallest absolute Gasteiger partial charge is 0.371 e. The topological polar surface area (TPSA) is 50.4 Å². The zero-order valence-corrected chi connectivity index (χ0v) is 10.1. The molecule has 0 atom stereocenters. The molecule has 1 N–H and O–H groups in total. The summed E-state index contributed by atoms with van der Waals surface area (Å²) < 4.78 is 6.18. The van der Waals surface area contributed by atoms with Crippen LogP contribution < -0.4 is 0 Å². The van der Waals surface area contributed by atoms with Gasteiger partial charge >= 0.3 is 5.97 Å². The van der Waals surface area contributed by atoms with Crippen molar-refractivity contribution >= 4 is 21.9 Å². The summed E-state index contributed by atoms with van der Waals surface area (Å²) in [5.74, 6) is -0.553. The fourth-order valence-corrected chi connectivity index (χ4v) is 1.73. The molecule has 82 valence electrons. The number of hydrogen-bond donors (Lipinski definition) is 1. The number of carbonyl (C=O) groups is 1. The third-order valence-electron chi connectivity index (χ3n) is 2.27. The summed E-state index contributed by atoms with van der Waals surface area (Å²) in [5, 5.41) is 8.74. The summed E-state index contributed by atoms with van der Waals surface area (Å²) in [5.41, 5.74) is 1.97. The Hall–Kier alpha value is -1.55. The van der Waals surface area contributed by atoms with E-state index < -0.39 is 5.97 Å². The molecule has 0 aliphatic rings. The van der Waals surface area contributed by atoms with E-state index >= 15 is 0 Å². The van der Waals surface area contributed by atoms with Crippen LogP contribution in [0.2, 0.25) is 0 Å². The second kappa shape index (κ2) is 4.14. The minimum atomic E-state index is -1.06. The normalized spacial score (nSPS) is 10.4. The molecular formula is C12H9BrO3. The molecule has 2 rings (SSSR count). The van der Waals surface area contributed by atoms with E-state index in [1.165, 1.54) is 6.07 Å². The van der Waals surface area contributed by atoms with Crippen molar-refractivity contribution in [1.82, 2.24) is 0 Å². The Kier molecular flexibility index (Phi) is 2.83. The zero-order chi connectivity index (χ0) is 11.7. The molecule has 0 aliphatic heterocycles. The van der Waals surface area contributed by atoms with Gasteiger partial charge in [0.05, 0.1) is 0 Å². The molecule has 0 saturated heterocycles. The summed E-state index contributed by atoms with van der Waals surface area (Å²) in [6.45, 7) is 1.98. The van der Waals surface area contributed by atoms with Crippen LogP contribution in [0, 0.1) is 6.92 Å². The lowest BCUT2D eigenvalue weighted by Crippen LogP contribution is -1.91. The van der Waals surface area contributed by atoms with Gasteiger partial charge in [-0.15, -0.1) is 0 Å². The molecule has 3 nitrogen and oxygen atoms in total. The molecule has 0 spiro atoms. The molecule has 1 aromatic carbocycles. The lowest BCUT2D eigenvalue weighted by atomic mass is 10.1. The van der Waals surface area contributed by atoms with Crippen LogP contribution in [-0.2, 0) is 0 Å². The molecule has 0 bridgehead atoms. The Labute approximate surface area is 101 Å². The van der Waals surface area contributed by atoms with Crippen LogP contribution in [0.4, 0.5) is 0 Å². The summed E-state index contributed by atoms with van der Waals surface area (Å²) in [4.78, 5) is 10.7. The van der Waals surface area contributed by atoms with Crippen molar-refractivity contribution in [1.29, 1.82) is 0 Å². The minimum Gasteiger partial charge on any atom is -0.475 e. The van der Waals surface area contributed by atoms with Crippen molar-refractivity contribution in [3.05, 3.63) is 46.1 Å². The number of halogens is 1. The molecule has 1 aromatic heterocycles. The van der Waals surface area contributed by atoms with Gasteiger partial charge in [-0.1, -0.05) is 28.1 Å². The van der Waals surface area contributed by atoms with Crippen molar-refractivity contribution in [3.8, 4) is 11.3 Å². The van der Waals surface area contributed by atoms with Gasteiger partial charge < -0.3 is 9.52 Å².